The SMILES string of the molecule is Nc1ccc(SCc2nccs2)cn1. The standard InChI is InChI=1S/C9H9N3S2/c10-8-2-1-7(5-12-8)14-6-9-11-3-4-13-9/h1-5H,6H2,(H2,10,12). The van der Waals surface area contributed by atoms with Crippen molar-refractivity contribution in [3.05, 3.63) is 34.9 Å². The Morgan fingerprint density at radius 2 is 2.29 bits per heavy atom. The van der Waals surface area contributed by atoms with Crippen LogP contribution >= 0.6 is 23.1 Å². The summed E-state index contributed by atoms with van der Waals surface area (Å²) in [5, 5.41) is 3.11. The van der Waals surface area contributed by atoms with Crippen LogP contribution in [0.2, 0.25) is 0 Å². The Morgan fingerprint density at radius 1 is 1.36 bits per heavy atom. The van der Waals surface area contributed by atoms with Gasteiger partial charge in [0.05, 0.1) is 5.75 Å². The van der Waals surface area contributed by atoms with Gasteiger partial charge in [-0.15, -0.1) is 23.1 Å². The van der Waals surface area contributed by atoms with E-state index in [1.54, 1.807) is 29.3 Å². The van der Waals surface area contributed by atoms with Gasteiger partial charge in [0.25, 0.3) is 0 Å². The fourth-order valence-electron chi connectivity index (χ4n) is 0.946. The number of rotatable bonds is 3. The Balaban J connectivity index is 1.95. The molecule has 14 heavy (non-hydrogen) atoms. The number of hydrogen-bond acceptors (Lipinski definition) is 5. The lowest BCUT2D eigenvalue weighted by Gasteiger charge is -1.98. The molecule has 0 fully saturated rings. The predicted octanol–water partition coefficient (Wildman–Crippen LogP) is 2.41. The Hall–Kier alpha value is -1.07. The minimum absolute atomic E-state index is 0.559. The third-order valence-electron chi connectivity index (χ3n) is 1.60. The maximum atomic E-state index is 5.49. The van der Waals surface area contributed by atoms with Crippen LogP contribution in [0.3, 0.4) is 0 Å². The number of aromatic nitrogens is 2. The summed E-state index contributed by atoms with van der Waals surface area (Å²) < 4.78 is 0. The monoisotopic (exact) mass is 223 g/mol. The number of nitrogens with two attached hydrogens (primary N) is 1. The first-order chi connectivity index (χ1) is 6.84. The molecule has 2 heterocycles. The van der Waals surface area contributed by atoms with E-state index in [9.17, 15) is 0 Å². The van der Waals surface area contributed by atoms with E-state index >= 15 is 0 Å². The molecule has 0 saturated carbocycles. The van der Waals surface area contributed by atoms with E-state index < -0.39 is 0 Å². The van der Waals surface area contributed by atoms with Gasteiger partial charge >= 0.3 is 0 Å². The second-order valence-electron chi connectivity index (χ2n) is 2.63. The molecule has 0 spiro atoms. The molecule has 0 aliphatic rings. The molecule has 0 atom stereocenters. The lowest BCUT2D eigenvalue weighted by Crippen LogP contribution is -1.88. The van der Waals surface area contributed by atoms with E-state index in [4.69, 9.17) is 5.73 Å². The average molecular weight is 223 g/mol. The highest BCUT2D eigenvalue weighted by molar-refractivity contribution is 7.98. The van der Waals surface area contributed by atoms with Crippen molar-refractivity contribution in [1.29, 1.82) is 0 Å². The quantitative estimate of drug-likeness (QED) is 0.812. The molecule has 3 nitrogen and oxygen atoms in total. The van der Waals surface area contributed by atoms with Gasteiger partial charge in [0.15, 0.2) is 0 Å². The van der Waals surface area contributed by atoms with Crippen molar-refractivity contribution in [1.82, 2.24) is 9.97 Å². The zero-order valence-electron chi connectivity index (χ0n) is 7.38. The number of nitrogen functional groups attached to an aromatic ring is 1. The number of pyridine rings is 1. The molecule has 0 aromatic carbocycles. The van der Waals surface area contributed by atoms with Crippen LogP contribution in [0.5, 0.6) is 0 Å². The van der Waals surface area contributed by atoms with E-state index in [0.717, 1.165) is 15.7 Å². The first-order valence-electron chi connectivity index (χ1n) is 4.07. The van der Waals surface area contributed by atoms with Crippen LogP contribution in [-0.4, -0.2) is 9.97 Å². The van der Waals surface area contributed by atoms with Crippen molar-refractivity contribution < 1.29 is 0 Å². The second kappa shape index (κ2) is 4.43. The molecular weight excluding hydrogens is 214 g/mol. The number of nitrogens with zero attached hydrogens (tertiary/aromatic N) is 2. The summed E-state index contributed by atoms with van der Waals surface area (Å²) in [4.78, 5) is 9.34. The molecule has 2 N–H and O–H groups in total. The smallest absolute Gasteiger partial charge is 0.123 e. The molecule has 0 aliphatic carbocycles. The number of thiazole rings is 1. The van der Waals surface area contributed by atoms with Crippen molar-refractivity contribution >= 4 is 28.9 Å². The highest BCUT2D eigenvalue weighted by Crippen LogP contribution is 2.23. The van der Waals surface area contributed by atoms with E-state index in [1.807, 2.05) is 23.7 Å². The van der Waals surface area contributed by atoms with Crippen LogP contribution in [0.1, 0.15) is 5.01 Å². The maximum Gasteiger partial charge on any atom is 0.123 e. The fourth-order valence-corrected chi connectivity index (χ4v) is 2.45. The molecule has 0 bridgehead atoms. The van der Waals surface area contributed by atoms with Crippen LogP contribution in [0, 0.1) is 0 Å². The van der Waals surface area contributed by atoms with Gasteiger partial charge in [0, 0.05) is 22.7 Å². The number of hydrogen-bond donors (Lipinski definition) is 1. The summed E-state index contributed by atoms with van der Waals surface area (Å²) in [6.07, 6.45) is 3.61. The largest absolute Gasteiger partial charge is 0.384 e. The Labute approximate surface area is 90.4 Å². The summed E-state index contributed by atoms with van der Waals surface area (Å²) in [6, 6.07) is 3.78. The van der Waals surface area contributed by atoms with Gasteiger partial charge in [-0.2, -0.15) is 0 Å². The van der Waals surface area contributed by atoms with Gasteiger partial charge in [-0.1, -0.05) is 0 Å². The molecule has 0 unspecified atom stereocenters. The zero-order chi connectivity index (χ0) is 9.80. The average Bonchev–Trinajstić information content (AvgIpc) is 2.70. The molecule has 2 aromatic rings. The van der Waals surface area contributed by atoms with Crippen LogP contribution in [0.25, 0.3) is 0 Å². The van der Waals surface area contributed by atoms with Gasteiger partial charge < -0.3 is 5.73 Å². The van der Waals surface area contributed by atoms with E-state index in [0.29, 0.717) is 5.82 Å². The Bertz CT molecular complexity index is 383. The fraction of sp³-hybridized carbons (Fsp3) is 0.111. The molecule has 0 aliphatic heterocycles. The maximum absolute atomic E-state index is 5.49. The number of thioether (sulfide) groups is 1. The van der Waals surface area contributed by atoms with Gasteiger partial charge in [0.1, 0.15) is 10.8 Å². The van der Waals surface area contributed by atoms with E-state index in [-0.39, 0.29) is 0 Å². The van der Waals surface area contributed by atoms with Crippen LogP contribution in [-0.2, 0) is 5.75 Å². The topological polar surface area (TPSA) is 51.8 Å². The molecule has 2 aromatic heterocycles. The van der Waals surface area contributed by atoms with Gasteiger partial charge in [0.2, 0.25) is 0 Å². The van der Waals surface area contributed by atoms with Crippen molar-refractivity contribution in [2.45, 2.75) is 10.6 Å². The molecular formula is C9H9N3S2. The first kappa shape index (κ1) is 9.48. The van der Waals surface area contributed by atoms with Crippen molar-refractivity contribution in [2.24, 2.45) is 0 Å². The van der Waals surface area contributed by atoms with Crippen molar-refractivity contribution in [3.63, 3.8) is 0 Å². The summed E-state index contributed by atoms with van der Waals surface area (Å²) in [6.45, 7) is 0. The highest BCUT2D eigenvalue weighted by Gasteiger charge is 1.98. The normalized spacial score (nSPS) is 10.3. The summed E-state index contributed by atoms with van der Waals surface area (Å²) in [5.41, 5.74) is 5.49. The van der Waals surface area contributed by atoms with Crippen LogP contribution in [0.15, 0.2) is 34.8 Å². The molecule has 0 amide bonds. The van der Waals surface area contributed by atoms with E-state index in [1.165, 1.54) is 0 Å². The third kappa shape index (κ3) is 2.46. The van der Waals surface area contributed by atoms with Gasteiger partial charge in [-0.25, -0.2) is 9.97 Å². The molecule has 0 saturated heterocycles. The van der Waals surface area contributed by atoms with Crippen molar-refractivity contribution in [2.75, 3.05) is 5.73 Å². The zero-order valence-corrected chi connectivity index (χ0v) is 9.02. The van der Waals surface area contributed by atoms with Crippen molar-refractivity contribution in [3.8, 4) is 0 Å². The van der Waals surface area contributed by atoms with Crippen LogP contribution in [0.4, 0.5) is 5.82 Å². The lowest BCUT2D eigenvalue weighted by molar-refractivity contribution is 1.23. The first-order valence-corrected chi connectivity index (χ1v) is 5.94. The summed E-state index contributed by atoms with van der Waals surface area (Å²) >= 11 is 3.38. The van der Waals surface area contributed by atoms with Crippen LogP contribution < -0.4 is 5.73 Å². The molecule has 2 rings (SSSR count). The molecule has 72 valence electrons. The Morgan fingerprint density at radius 3 is 2.93 bits per heavy atom. The second-order valence-corrected chi connectivity index (χ2v) is 4.66. The molecule has 5 heteroatoms. The van der Waals surface area contributed by atoms with Gasteiger partial charge in [-0.3, -0.25) is 0 Å². The third-order valence-corrected chi connectivity index (χ3v) is 3.56. The Kier molecular flexibility index (Phi) is 3.00. The summed E-state index contributed by atoms with van der Waals surface area (Å²) in [5.74, 6) is 1.45. The highest BCUT2D eigenvalue weighted by atomic mass is 32.2. The van der Waals surface area contributed by atoms with Gasteiger partial charge in [-0.05, 0) is 12.1 Å². The molecule has 0 radical (unpaired) electrons. The predicted molar refractivity (Wildman–Crippen MR) is 60.3 cm³/mol. The van der Waals surface area contributed by atoms with E-state index in [2.05, 4.69) is 9.97 Å². The summed E-state index contributed by atoms with van der Waals surface area (Å²) in [7, 11) is 0. The minimum atomic E-state index is 0.559. The number of anilines is 1. The lowest BCUT2D eigenvalue weighted by atomic mass is 10.5. The minimum Gasteiger partial charge on any atom is -0.384 e.